The number of hydrogen-bond donors (Lipinski definition) is 0. The van der Waals surface area contributed by atoms with E-state index in [-0.39, 0.29) is 0 Å². The molecule has 0 saturated heterocycles. The Morgan fingerprint density at radius 2 is 2.17 bits per heavy atom. The smallest absolute Gasteiger partial charge is 0.123 e. The quantitative estimate of drug-likeness (QED) is 0.670. The summed E-state index contributed by atoms with van der Waals surface area (Å²) in [4.78, 5) is 0. The third-order valence-corrected chi connectivity index (χ3v) is 3.04. The maximum Gasteiger partial charge on any atom is 0.123 e. The van der Waals surface area contributed by atoms with Gasteiger partial charge in [0.1, 0.15) is 11.9 Å². The Balaban J connectivity index is 2.35. The van der Waals surface area contributed by atoms with Crippen LogP contribution in [-0.2, 0) is 0 Å². The highest BCUT2D eigenvalue weighted by molar-refractivity contribution is 9.09. The van der Waals surface area contributed by atoms with Crippen molar-refractivity contribution < 1.29 is 4.74 Å². The first-order valence-electron chi connectivity index (χ1n) is 4.14. The fourth-order valence-corrected chi connectivity index (χ4v) is 2.29. The SMILES string of the molecule is C[C@H]1c2ccccc2O[C@H]1CBr. The molecule has 64 valence electrons. The van der Waals surface area contributed by atoms with Gasteiger partial charge in [-0.15, -0.1) is 0 Å². The van der Waals surface area contributed by atoms with Crippen LogP contribution < -0.4 is 4.74 Å². The van der Waals surface area contributed by atoms with E-state index in [1.165, 1.54) is 5.56 Å². The summed E-state index contributed by atoms with van der Waals surface area (Å²) in [6.45, 7) is 2.21. The first-order valence-corrected chi connectivity index (χ1v) is 5.26. The third kappa shape index (κ3) is 1.14. The van der Waals surface area contributed by atoms with Gasteiger partial charge in [-0.05, 0) is 6.07 Å². The highest BCUT2D eigenvalue weighted by atomic mass is 79.9. The molecular formula is C10H11BrO. The Kier molecular flexibility index (Phi) is 2.09. The minimum absolute atomic E-state index is 0.308. The van der Waals surface area contributed by atoms with Crippen LogP contribution in [0.1, 0.15) is 18.4 Å². The van der Waals surface area contributed by atoms with Gasteiger partial charge in [0, 0.05) is 16.8 Å². The maximum absolute atomic E-state index is 5.72. The summed E-state index contributed by atoms with van der Waals surface area (Å²) in [5.74, 6) is 1.56. The molecule has 1 aliphatic heterocycles. The molecule has 2 atom stereocenters. The average Bonchev–Trinajstić information content (AvgIpc) is 2.44. The number of benzene rings is 1. The molecule has 1 aromatic rings. The van der Waals surface area contributed by atoms with Crippen LogP contribution in [0, 0.1) is 0 Å². The van der Waals surface area contributed by atoms with Crippen molar-refractivity contribution in [2.75, 3.05) is 5.33 Å². The van der Waals surface area contributed by atoms with E-state index in [9.17, 15) is 0 Å². The van der Waals surface area contributed by atoms with Gasteiger partial charge in [-0.2, -0.15) is 0 Å². The van der Waals surface area contributed by atoms with Crippen molar-refractivity contribution in [3.8, 4) is 5.75 Å². The number of ether oxygens (including phenoxy) is 1. The molecule has 0 N–H and O–H groups in total. The molecule has 2 rings (SSSR count). The average molecular weight is 227 g/mol. The Bertz CT molecular complexity index is 285. The van der Waals surface area contributed by atoms with E-state index in [4.69, 9.17) is 4.74 Å². The first kappa shape index (κ1) is 8.11. The zero-order valence-corrected chi connectivity index (χ0v) is 8.54. The molecule has 0 aromatic heterocycles. The fraction of sp³-hybridized carbons (Fsp3) is 0.400. The van der Waals surface area contributed by atoms with Crippen LogP contribution in [0.15, 0.2) is 24.3 Å². The summed E-state index contributed by atoms with van der Waals surface area (Å²) in [5, 5.41) is 0.906. The molecule has 0 bridgehead atoms. The summed E-state index contributed by atoms with van der Waals surface area (Å²) < 4.78 is 5.72. The molecule has 0 unspecified atom stereocenters. The summed E-state index contributed by atoms with van der Waals surface area (Å²) in [6, 6.07) is 8.26. The van der Waals surface area contributed by atoms with Crippen LogP contribution in [0.4, 0.5) is 0 Å². The molecule has 2 heteroatoms. The van der Waals surface area contributed by atoms with Crippen molar-refractivity contribution >= 4 is 15.9 Å². The van der Waals surface area contributed by atoms with Crippen molar-refractivity contribution in [3.63, 3.8) is 0 Å². The van der Waals surface area contributed by atoms with Crippen molar-refractivity contribution in [3.05, 3.63) is 29.8 Å². The summed E-state index contributed by atoms with van der Waals surface area (Å²) >= 11 is 3.45. The summed E-state index contributed by atoms with van der Waals surface area (Å²) in [5.41, 5.74) is 1.34. The standard InChI is InChI=1S/C10H11BrO/c1-7-8-4-2-3-5-9(8)12-10(7)6-11/h2-5,7,10H,6H2,1H3/t7-,10-/m0/s1. The highest BCUT2D eigenvalue weighted by Gasteiger charge is 2.29. The normalized spacial score (nSPS) is 26.5. The number of rotatable bonds is 1. The van der Waals surface area contributed by atoms with E-state index in [2.05, 4.69) is 35.0 Å². The number of hydrogen-bond acceptors (Lipinski definition) is 1. The monoisotopic (exact) mass is 226 g/mol. The van der Waals surface area contributed by atoms with E-state index in [1.54, 1.807) is 0 Å². The maximum atomic E-state index is 5.72. The molecular weight excluding hydrogens is 216 g/mol. The second-order valence-corrected chi connectivity index (χ2v) is 3.78. The van der Waals surface area contributed by atoms with Crippen LogP contribution in [0.25, 0.3) is 0 Å². The zero-order chi connectivity index (χ0) is 8.55. The lowest BCUT2D eigenvalue weighted by atomic mass is 9.99. The van der Waals surface area contributed by atoms with E-state index >= 15 is 0 Å². The Labute approximate surface area is 80.9 Å². The zero-order valence-electron chi connectivity index (χ0n) is 6.96. The third-order valence-electron chi connectivity index (χ3n) is 2.40. The van der Waals surface area contributed by atoms with Crippen LogP contribution in [0.2, 0.25) is 0 Å². The number of alkyl halides is 1. The lowest BCUT2D eigenvalue weighted by molar-refractivity contribution is 0.238. The van der Waals surface area contributed by atoms with Gasteiger partial charge in [0.05, 0.1) is 0 Å². The highest BCUT2D eigenvalue weighted by Crippen LogP contribution is 2.37. The van der Waals surface area contributed by atoms with E-state index in [1.807, 2.05) is 12.1 Å². The lowest BCUT2D eigenvalue weighted by Gasteiger charge is -2.10. The topological polar surface area (TPSA) is 9.23 Å². The Morgan fingerprint density at radius 3 is 2.83 bits per heavy atom. The second kappa shape index (κ2) is 3.09. The van der Waals surface area contributed by atoms with Gasteiger partial charge < -0.3 is 4.74 Å². The molecule has 0 radical (unpaired) electrons. The van der Waals surface area contributed by atoms with Gasteiger partial charge in [0.25, 0.3) is 0 Å². The van der Waals surface area contributed by atoms with Gasteiger partial charge in [-0.3, -0.25) is 0 Å². The van der Waals surface area contributed by atoms with Gasteiger partial charge in [-0.1, -0.05) is 41.1 Å². The number of fused-ring (bicyclic) bond motifs is 1. The van der Waals surface area contributed by atoms with Crippen LogP contribution >= 0.6 is 15.9 Å². The molecule has 0 fully saturated rings. The molecule has 1 aliphatic rings. The summed E-state index contributed by atoms with van der Waals surface area (Å²) in [7, 11) is 0. The summed E-state index contributed by atoms with van der Waals surface area (Å²) in [6.07, 6.45) is 0.308. The molecule has 0 aliphatic carbocycles. The molecule has 0 spiro atoms. The van der Waals surface area contributed by atoms with Gasteiger partial charge in [-0.25, -0.2) is 0 Å². The molecule has 1 aromatic carbocycles. The largest absolute Gasteiger partial charge is 0.489 e. The minimum atomic E-state index is 0.308. The number of halogens is 1. The van der Waals surface area contributed by atoms with Crippen molar-refractivity contribution in [1.82, 2.24) is 0 Å². The van der Waals surface area contributed by atoms with Crippen molar-refractivity contribution in [2.45, 2.75) is 18.9 Å². The van der Waals surface area contributed by atoms with Crippen LogP contribution in [0.5, 0.6) is 5.75 Å². The van der Waals surface area contributed by atoms with Gasteiger partial charge >= 0.3 is 0 Å². The molecule has 12 heavy (non-hydrogen) atoms. The molecule has 1 heterocycles. The van der Waals surface area contributed by atoms with E-state index in [0.717, 1.165) is 11.1 Å². The number of para-hydroxylation sites is 1. The van der Waals surface area contributed by atoms with Crippen molar-refractivity contribution in [1.29, 1.82) is 0 Å². The molecule has 0 amide bonds. The van der Waals surface area contributed by atoms with E-state index < -0.39 is 0 Å². The Morgan fingerprint density at radius 1 is 1.42 bits per heavy atom. The first-order chi connectivity index (χ1) is 5.83. The molecule has 1 nitrogen and oxygen atoms in total. The fourth-order valence-electron chi connectivity index (χ4n) is 1.59. The van der Waals surface area contributed by atoms with Gasteiger partial charge in [0.15, 0.2) is 0 Å². The predicted octanol–water partition coefficient (Wildman–Crippen LogP) is 2.95. The minimum Gasteiger partial charge on any atom is -0.489 e. The predicted molar refractivity (Wildman–Crippen MR) is 53.1 cm³/mol. The van der Waals surface area contributed by atoms with E-state index in [0.29, 0.717) is 12.0 Å². The Hall–Kier alpha value is -0.500. The van der Waals surface area contributed by atoms with Crippen LogP contribution in [0.3, 0.4) is 0 Å². The molecule has 0 saturated carbocycles. The second-order valence-electron chi connectivity index (χ2n) is 3.14. The van der Waals surface area contributed by atoms with Gasteiger partial charge in [0.2, 0.25) is 0 Å². The van der Waals surface area contributed by atoms with Crippen molar-refractivity contribution in [2.24, 2.45) is 0 Å². The van der Waals surface area contributed by atoms with Crippen LogP contribution in [-0.4, -0.2) is 11.4 Å². The lowest BCUT2D eigenvalue weighted by Crippen LogP contribution is -2.17.